The molecule has 0 aliphatic rings. The summed E-state index contributed by atoms with van der Waals surface area (Å²) in [7, 11) is -3.38. The number of nitriles is 1. The summed E-state index contributed by atoms with van der Waals surface area (Å²) in [5, 5.41) is 22.5. The molecule has 38 heavy (non-hydrogen) atoms. The van der Waals surface area contributed by atoms with Crippen LogP contribution in [0.2, 0.25) is 0 Å². The van der Waals surface area contributed by atoms with E-state index >= 15 is 0 Å². The van der Waals surface area contributed by atoms with Gasteiger partial charge in [0.15, 0.2) is 9.84 Å². The maximum atomic E-state index is 13.2. The number of rotatable bonds is 10. The molecule has 4 aromatic rings. The van der Waals surface area contributed by atoms with E-state index in [-0.39, 0.29) is 29.6 Å². The Morgan fingerprint density at radius 3 is 2.47 bits per heavy atom. The zero-order valence-corrected chi connectivity index (χ0v) is 22.2. The fourth-order valence-corrected chi connectivity index (χ4v) is 5.33. The van der Waals surface area contributed by atoms with Crippen molar-refractivity contribution in [2.75, 3.05) is 12.4 Å². The summed E-state index contributed by atoms with van der Waals surface area (Å²) < 4.78 is 26.4. The monoisotopic (exact) mass is 530 g/mol. The Hall–Kier alpha value is -4.00. The summed E-state index contributed by atoms with van der Waals surface area (Å²) >= 11 is 0. The van der Waals surface area contributed by atoms with Gasteiger partial charge in [0.05, 0.1) is 34.0 Å². The number of amides is 1. The highest BCUT2D eigenvalue weighted by Gasteiger charge is 2.20. The topological polar surface area (TPSA) is 125 Å². The van der Waals surface area contributed by atoms with E-state index in [1.807, 2.05) is 36.4 Å². The summed E-state index contributed by atoms with van der Waals surface area (Å²) in [6, 6.07) is 19.8. The lowest BCUT2D eigenvalue weighted by Crippen LogP contribution is -2.30. The fraction of sp³-hybridized carbons (Fsp3) is 0.276. The third-order valence-electron chi connectivity index (χ3n) is 6.61. The third kappa shape index (κ3) is 5.77. The van der Waals surface area contributed by atoms with Crippen molar-refractivity contribution in [3.05, 3.63) is 94.9 Å². The van der Waals surface area contributed by atoms with Crippen molar-refractivity contribution in [1.29, 1.82) is 5.26 Å². The molecule has 0 radical (unpaired) electrons. The SMILES string of the molecule is CCn1c(Cc2ccc(C#N)cc2)cc2cc(C(=O)N[C@@H](CCO)c3ccc(S(=O)(=O)CC)cn3)ccc21. The molecule has 2 heterocycles. The molecule has 0 spiro atoms. The number of benzene rings is 2. The van der Waals surface area contributed by atoms with Crippen LogP contribution in [0.1, 0.15) is 59.2 Å². The predicted molar refractivity (Wildman–Crippen MR) is 145 cm³/mol. The summed E-state index contributed by atoms with van der Waals surface area (Å²) in [6.45, 7) is 4.25. The standard InChI is InChI=1S/C29H30N4O4S/c1-3-33-24(15-20-5-7-21(18-30)8-6-20)17-23-16-22(9-12-28(23)33)29(35)32-27(13-14-34)26-11-10-25(19-31-26)38(36,37)4-2/h5-12,16-17,19,27,34H,3-4,13-15H2,1-2H3,(H,32,35)/t27-/m0/s1. The van der Waals surface area contributed by atoms with E-state index < -0.39 is 15.9 Å². The van der Waals surface area contributed by atoms with Crippen LogP contribution in [0.15, 0.2) is 71.8 Å². The van der Waals surface area contributed by atoms with Gasteiger partial charge in [-0.05, 0) is 67.4 Å². The average Bonchev–Trinajstić information content (AvgIpc) is 3.29. The molecule has 0 aliphatic heterocycles. The van der Waals surface area contributed by atoms with Crippen LogP contribution < -0.4 is 5.32 Å². The van der Waals surface area contributed by atoms with Crippen molar-refractivity contribution < 1.29 is 18.3 Å². The van der Waals surface area contributed by atoms with Gasteiger partial charge in [-0.25, -0.2) is 8.42 Å². The Labute approximate surface area is 222 Å². The Kier molecular flexibility index (Phi) is 8.25. The molecule has 0 bridgehead atoms. The number of carbonyl (C=O) groups is 1. The minimum atomic E-state index is -3.38. The van der Waals surface area contributed by atoms with Gasteiger partial charge in [-0.2, -0.15) is 5.26 Å². The molecule has 2 N–H and O–H groups in total. The van der Waals surface area contributed by atoms with Gasteiger partial charge in [-0.15, -0.1) is 0 Å². The van der Waals surface area contributed by atoms with Crippen LogP contribution in [0.5, 0.6) is 0 Å². The lowest BCUT2D eigenvalue weighted by Gasteiger charge is -2.18. The largest absolute Gasteiger partial charge is 0.396 e. The molecule has 196 valence electrons. The zero-order chi connectivity index (χ0) is 27.3. The molecule has 9 heteroatoms. The van der Waals surface area contributed by atoms with E-state index in [1.54, 1.807) is 19.1 Å². The molecule has 1 amide bonds. The second kappa shape index (κ2) is 11.6. The number of aliphatic hydroxyl groups is 1. The second-order valence-corrected chi connectivity index (χ2v) is 11.3. The molecule has 0 aliphatic carbocycles. The maximum absolute atomic E-state index is 13.2. The first-order chi connectivity index (χ1) is 18.3. The van der Waals surface area contributed by atoms with E-state index in [0.717, 1.165) is 28.7 Å². The number of hydrogen-bond donors (Lipinski definition) is 2. The number of nitrogens with one attached hydrogen (secondary N) is 1. The molecule has 2 aromatic heterocycles. The average molecular weight is 531 g/mol. The number of sulfone groups is 1. The summed E-state index contributed by atoms with van der Waals surface area (Å²) in [4.78, 5) is 17.6. The Bertz CT molecular complexity index is 1580. The van der Waals surface area contributed by atoms with Crippen LogP contribution in [0, 0.1) is 11.3 Å². The smallest absolute Gasteiger partial charge is 0.251 e. The van der Waals surface area contributed by atoms with Crippen LogP contribution in [0.4, 0.5) is 0 Å². The first-order valence-corrected chi connectivity index (χ1v) is 14.2. The van der Waals surface area contributed by atoms with Crippen LogP contribution in [-0.4, -0.2) is 41.3 Å². The van der Waals surface area contributed by atoms with Gasteiger partial charge in [0, 0.05) is 47.9 Å². The molecular formula is C29H30N4O4S. The van der Waals surface area contributed by atoms with Crippen molar-refractivity contribution in [1.82, 2.24) is 14.9 Å². The first kappa shape index (κ1) is 27.0. The van der Waals surface area contributed by atoms with E-state index in [9.17, 15) is 18.3 Å². The van der Waals surface area contributed by atoms with Crippen molar-refractivity contribution in [2.45, 2.75) is 44.2 Å². The molecule has 8 nitrogen and oxygen atoms in total. The number of aliphatic hydroxyl groups excluding tert-OH is 1. The summed E-state index contributed by atoms with van der Waals surface area (Å²) in [5.74, 6) is -0.335. The lowest BCUT2D eigenvalue weighted by atomic mass is 10.1. The predicted octanol–water partition coefficient (Wildman–Crippen LogP) is 4.17. The molecular weight excluding hydrogens is 500 g/mol. The Morgan fingerprint density at radius 2 is 1.87 bits per heavy atom. The second-order valence-electron chi connectivity index (χ2n) is 9.00. The van der Waals surface area contributed by atoms with Gasteiger partial charge in [-0.1, -0.05) is 19.1 Å². The highest BCUT2D eigenvalue weighted by atomic mass is 32.2. The molecule has 1 atom stereocenters. The van der Waals surface area contributed by atoms with Crippen LogP contribution in [0.3, 0.4) is 0 Å². The number of pyridine rings is 1. The van der Waals surface area contributed by atoms with Crippen LogP contribution in [0.25, 0.3) is 10.9 Å². The first-order valence-electron chi connectivity index (χ1n) is 12.5. The highest BCUT2D eigenvalue weighted by Crippen LogP contribution is 2.25. The van der Waals surface area contributed by atoms with Gasteiger partial charge in [0.25, 0.3) is 5.91 Å². The lowest BCUT2D eigenvalue weighted by molar-refractivity contribution is 0.0929. The summed E-state index contributed by atoms with van der Waals surface area (Å²) in [6.07, 6.45) is 2.23. The fourth-order valence-electron chi connectivity index (χ4n) is 4.51. The number of aromatic nitrogens is 2. The van der Waals surface area contributed by atoms with E-state index in [0.29, 0.717) is 23.2 Å². The third-order valence-corrected chi connectivity index (χ3v) is 8.33. The Balaban J connectivity index is 1.57. The zero-order valence-electron chi connectivity index (χ0n) is 21.4. The van der Waals surface area contributed by atoms with Gasteiger partial charge >= 0.3 is 0 Å². The number of nitrogens with zero attached hydrogens (tertiary/aromatic N) is 3. The van der Waals surface area contributed by atoms with E-state index in [4.69, 9.17) is 5.26 Å². The maximum Gasteiger partial charge on any atom is 0.251 e. The molecule has 0 saturated heterocycles. The molecule has 4 rings (SSSR count). The van der Waals surface area contributed by atoms with Gasteiger partial charge < -0.3 is 15.0 Å². The quantitative estimate of drug-likeness (QED) is 0.317. The number of hydrogen-bond acceptors (Lipinski definition) is 6. The van der Waals surface area contributed by atoms with Crippen LogP contribution in [-0.2, 0) is 22.8 Å². The molecule has 2 aromatic carbocycles. The van der Waals surface area contributed by atoms with Crippen molar-refractivity contribution in [2.24, 2.45) is 0 Å². The molecule has 0 saturated carbocycles. The van der Waals surface area contributed by atoms with Gasteiger partial charge in [0.1, 0.15) is 0 Å². The van der Waals surface area contributed by atoms with Crippen molar-refractivity contribution in [3.63, 3.8) is 0 Å². The number of aryl methyl sites for hydroxylation is 1. The van der Waals surface area contributed by atoms with Crippen LogP contribution >= 0.6 is 0 Å². The normalized spacial score (nSPS) is 12.3. The van der Waals surface area contributed by atoms with Crippen molar-refractivity contribution in [3.8, 4) is 6.07 Å². The number of fused-ring (bicyclic) bond motifs is 1. The van der Waals surface area contributed by atoms with Gasteiger partial charge in [-0.3, -0.25) is 9.78 Å². The van der Waals surface area contributed by atoms with Gasteiger partial charge in [0.2, 0.25) is 0 Å². The molecule has 0 fully saturated rings. The molecule has 0 unspecified atom stereocenters. The highest BCUT2D eigenvalue weighted by molar-refractivity contribution is 7.91. The minimum Gasteiger partial charge on any atom is -0.396 e. The number of carbonyl (C=O) groups excluding carboxylic acids is 1. The van der Waals surface area contributed by atoms with Crippen molar-refractivity contribution >= 4 is 26.6 Å². The van der Waals surface area contributed by atoms with E-state index in [1.165, 1.54) is 12.3 Å². The van der Waals surface area contributed by atoms with E-state index in [2.05, 4.69) is 33.9 Å². The summed E-state index contributed by atoms with van der Waals surface area (Å²) in [5.41, 5.74) is 4.80. The minimum absolute atomic E-state index is 0.0255. The Morgan fingerprint density at radius 1 is 1.11 bits per heavy atom.